The fourth-order valence-electron chi connectivity index (χ4n) is 1.81. The number of aromatic nitrogens is 3. The third-order valence-corrected chi connectivity index (χ3v) is 3.04. The van der Waals surface area contributed by atoms with Crippen molar-refractivity contribution in [2.24, 2.45) is 0 Å². The van der Waals surface area contributed by atoms with Crippen molar-refractivity contribution in [3.63, 3.8) is 0 Å². The van der Waals surface area contributed by atoms with Gasteiger partial charge in [-0.2, -0.15) is 15.0 Å². The van der Waals surface area contributed by atoms with Crippen molar-refractivity contribution in [2.75, 3.05) is 16.0 Å². The second kappa shape index (κ2) is 9.37. The van der Waals surface area contributed by atoms with Gasteiger partial charge in [0.05, 0.1) is 0 Å². The van der Waals surface area contributed by atoms with Gasteiger partial charge in [-0.15, -0.1) is 0 Å². The van der Waals surface area contributed by atoms with E-state index in [1.165, 1.54) is 12.2 Å². The molecule has 1 heterocycles. The number of rotatable bonds is 8. The summed E-state index contributed by atoms with van der Waals surface area (Å²) in [5.41, 5.74) is 0.520. The topological polar surface area (TPSA) is 126 Å². The normalized spacial score (nSPS) is 10.1. The highest BCUT2D eigenvalue weighted by atomic mass is 16.2. The van der Waals surface area contributed by atoms with Gasteiger partial charge in [-0.05, 0) is 12.1 Å². The monoisotopic (exact) mass is 364 g/mol. The molecule has 0 aliphatic heterocycles. The number of benzene rings is 1. The molecular weight excluding hydrogens is 348 g/mol. The molecule has 9 nitrogen and oxygen atoms in total. The Balaban J connectivity index is 2.22. The van der Waals surface area contributed by atoms with Crippen LogP contribution in [0.25, 0.3) is 0 Å². The Morgan fingerprint density at radius 1 is 0.963 bits per heavy atom. The molecule has 3 N–H and O–H groups in total. The van der Waals surface area contributed by atoms with Gasteiger partial charge < -0.3 is 0 Å². The fraction of sp³-hybridized carbons (Fsp3) is 0. The Kier molecular flexibility index (Phi) is 6.66. The summed E-state index contributed by atoms with van der Waals surface area (Å²) >= 11 is 0. The third-order valence-electron chi connectivity index (χ3n) is 3.04. The van der Waals surface area contributed by atoms with Crippen LogP contribution in [0.1, 0.15) is 10.4 Å². The molecule has 0 unspecified atom stereocenters. The molecule has 0 aliphatic carbocycles. The first-order valence-corrected chi connectivity index (χ1v) is 7.65. The smallest absolute Gasteiger partial charge is 0.258 e. The van der Waals surface area contributed by atoms with E-state index in [2.05, 4.69) is 44.1 Å². The molecular formula is C18H16N6O3. The van der Waals surface area contributed by atoms with Gasteiger partial charge in [-0.1, -0.05) is 49.6 Å². The second-order valence-corrected chi connectivity index (χ2v) is 4.96. The zero-order valence-corrected chi connectivity index (χ0v) is 14.2. The number of hydrogen-bond acceptors (Lipinski definition) is 6. The predicted molar refractivity (Wildman–Crippen MR) is 101 cm³/mol. The van der Waals surface area contributed by atoms with Crippen LogP contribution in [0.3, 0.4) is 0 Å². The standard InChI is InChI=1S/C18H16N6O3/c1-3-4-8-12(2)14(26)20-17-22-16(19-11-25)23-18(24-17)21-15(27)13-9-6-5-7-10-13/h3-11H,1-2H2,(H3,19,20,21,22,23,24,25,26,27)/b8-4-. The van der Waals surface area contributed by atoms with E-state index >= 15 is 0 Å². The highest BCUT2D eigenvalue weighted by molar-refractivity contribution is 6.05. The molecule has 0 bridgehead atoms. The average molecular weight is 364 g/mol. The molecule has 0 atom stereocenters. The van der Waals surface area contributed by atoms with Gasteiger partial charge in [0.15, 0.2) is 0 Å². The second-order valence-electron chi connectivity index (χ2n) is 4.96. The van der Waals surface area contributed by atoms with Crippen LogP contribution in [-0.4, -0.2) is 33.2 Å². The Labute approximate surface area is 154 Å². The highest BCUT2D eigenvalue weighted by Gasteiger charge is 2.13. The minimum atomic E-state index is -0.573. The van der Waals surface area contributed by atoms with Gasteiger partial charge in [0.25, 0.3) is 11.8 Å². The van der Waals surface area contributed by atoms with Gasteiger partial charge in [0, 0.05) is 11.1 Å². The molecule has 0 saturated heterocycles. The Hall–Kier alpha value is -4.14. The minimum absolute atomic E-state index is 0.134. The maximum absolute atomic E-state index is 12.2. The lowest BCUT2D eigenvalue weighted by Gasteiger charge is -2.08. The molecule has 3 amide bonds. The molecule has 9 heteroatoms. The number of nitrogens with zero attached hydrogens (tertiary/aromatic N) is 3. The van der Waals surface area contributed by atoms with Gasteiger partial charge in [0.1, 0.15) is 0 Å². The van der Waals surface area contributed by atoms with Crippen LogP contribution < -0.4 is 16.0 Å². The third kappa shape index (κ3) is 5.71. The van der Waals surface area contributed by atoms with Crippen LogP contribution in [-0.2, 0) is 9.59 Å². The number of anilines is 3. The summed E-state index contributed by atoms with van der Waals surface area (Å²) in [5, 5.41) is 7.13. The van der Waals surface area contributed by atoms with Crippen LogP contribution in [0.15, 0.2) is 67.3 Å². The van der Waals surface area contributed by atoms with Crippen molar-refractivity contribution in [1.29, 1.82) is 0 Å². The number of allylic oxidation sites excluding steroid dienone is 2. The van der Waals surface area contributed by atoms with E-state index in [9.17, 15) is 14.4 Å². The Bertz CT molecular complexity index is 909. The first kappa shape index (κ1) is 19.2. The van der Waals surface area contributed by atoms with Crippen molar-refractivity contribution in [3.05, 3.63) is 72.9 Å². The van der Waals surface area contributed by atoms with Crippen molar-refractivity contribution in [1.82, 2.24) is 15.0 Å². The van der Waals surface area contributed by atoms with E-state index in [-0.39, 0.29) is 23.4 Å². The Morgan fingerprint density at radius 2 is 1.59 bits per heavy atom. The largest absolute Gasteiger partial charge is 0.297 e. The fourth-order valence-corrected chi connectivity index (χ4v) is 1.81. The van der Waals surface area contributed by atoms with Crippen LogP contribution >= 0.6 is 0 Å². The first-order valence-electron chi connectivity index (χ1n) is 7.65. The summed E-state index contributed by atoms with van der Waals surface area (Å²) in [6.45, 7) is 7.10. The van der Waals surface area contributed by atoms with Crippen LogP contribution in [0.4, 0.5) is 17.8 Å². The molecule has 0 radical (unpaired) electrons. The lowest BCUT2D eigenvalue weighted by Crippen LogP contribution is -2.19. The summed E-state index contributed by atoms with van der Waals surface area (Å²) in [4.78, 5) is 46.7. The molecule has 136 valence electrons. The summed E-state index contributed by atoms with van der Waals surface area (Å²) < 4.78 is 0. The highest BCUT2D eigenvalue weighted by Crippen LogP contribution is 2.11. The zero-order valence-electron chi connectivity index (χ0n) is 14.2. The molecule has 2 rings (SSSR count). The average Bonchev–Trinajstić information content (AvgIpc) is 2.66. The van der Waals surface area contributed by atoms with E-state index in [0.717, 1.165) is 0 Å². The van der Waals surface area contributed by atoms with Gasteiger partial charge in [0.2, 0.25) is 24.3 Å². The molecule has 0 saturated carbocycles. The maximum atomic E-state index is 12.2. The van der Waals surface area contributed by atoms with Crippen molar-refractivity contribution in [3.8, 4) is 0 Å². The number of carbonyl (C=O) groups excluding carboxylic acids is 3. The molecule has 0 fully saturated rings. The van der Waals surface area contributed by atoms with Gasteiger partial charge >= 0.3 is 0 Å². The molecule has 0 spiro atoms. The first-order chi connectivity index (χ1) is 13.0. The quantitative estimate of drug-likeness (QED) is 0.373. The van der Waals surface area contributed by atoms with Crippen molar-refractivity contribution < 1.29 is 14.4 Å². The SMILES string of the molecule is C=C/C=C\C(=C)C(=O)Nc1nc(NC=O)nc(NC(=O)c2ccccc2)n1. The number of nitrogens with one attached hydrogen (secondary N) is 3. The molecule has 1 aromatic heterocycles. The lowest BCUT2D eigenvalue weighted by molar-refractivity contribution is -0.112. The summed E-state index contributed by atoms with van der Waals surface area (Å²) in [7, 11) is 0. The van der Waals surface area contributed by atoms with Gasteiger partial charge in [-0.3, -0.25) is 30.3 Å². The van der Waals surface area contributed by atoms with E-state index < -0.39 is 11.8 Å². The minimum Gasteiger partial charge on any atom is -0.297 e. The molecule has 1 aromatic carbocycles. The summed E-state index contributed by atoms with van der Waals surface area (Å²) in [5.74, 6) is -1.50. The van der Waals surface area contributed by atoms with Crippen LogP contribution in [0.2, 0.25) is 0 Å². The molecule has 2 aromatic rings. The molecule has 27 heavy (non-hydrogen) atoms. The van der Waals surface area contributed by atoms with Crippen molar-refractivity contribution in [2.45, 2.75) is 0 Å². The predicted octanol–water partition coefficient (Wildman–Crippen LogP) is 1.93. The zero-order chi connectivity index (χ0) is 19.6. The summed E-state index contributed by atoms with van der Waals surface area (Å²) in [6.07, 6.45) is 4.84. The number of amides is 3. The van der Waals surface area contributed by atoms with Crippen LogP contribution in [0, 0.1) is 0 Å². The summed E-state index contributed by atoms with van der Waals surface area (Å²) in [6, 6.07) is 8.40. The van der Waals surface area contributed by atoms with Gasteiger partial charge in [-0.25, -0.2) is 0 Å². The van der Waals surface area contributed by atoms with Crippen molar-refractivity contribution >= 4 is 36.1 Å². The maximum Gasteiger partial charge on any atom is 0.258 e. The van der Waals surface area contributed by atoms with E-state index in [1.807, 2.05) is 0 Å². The van der Waals surface area contributed by atoms with Crippen LogP contribution in [0.5, 0.6) is 0 Å². The van der Waals surface area contributed by atoms with E-state index in [1.54, 1.807) is 36.4 Å². The van der Waals surface area contributed by atoms with E-state index in [0.29, 0.717) is 12.0 Å². The lowest BCUT2D eigenvalue weighted by atomic mass is 10.2. The van der Waals surface area contributed by atoms with E-state index in [4.69, 9.17) is 0 Å². The number of hydrogen-bond donors (Lipinski definition) is 3. The molecule has 0 aliphatic rings. The number of carbonyl (C=O) groups is 3. The Morgan fingerprint density at radius 3 is 2.22 bits per heavy atom.